The van der Waals surface area contributed by atoms with Crippen molar-refractivity contribution in [3.63, 3.8) is 0 Å². The van der Waals surface area contributed by atoms with Gasteiger partial charge < -0.3 is 9.80 Å². The molecular weight excluding hydrogens is 749 g/mol. The lowest BCUT2D eigenvalue weighted by Gasteiger charge is -2.37. The van der Waals surface area contributed by atoms with Crippen molar-refractivity contribution in [2.24, 2.45) is 17.8 Å². The van der Waals surface area contributed by atoms with Gasteiger partial charge in [0.2, 0.25) is 0 Å². The lowest BCUT2D eigenvalue weighted by Crippen LogP contribution is -2.35. The fourth-order valence-electron chi connectivity index (χ4n) is 12.2. The largest absolute Gasteiger partial charge is 0.337 e. The highest BCUT2D eigenvalue weighted by Gasteiger charge is 2.42. The number of hydrogen-bond donors (Lipinski definition) is 0. The van der Waals surface area contributed by atoms with Crippen LogP contribution in [0.15, 0.2) is 233 Å². The van der Waals surface area contributed by atoms with Crippen molar-refractivity contribution in [3.05, 3.63) is 238 Å². The minimum atomic E-state index is 0.302. The molecule has 0 saturated carbocycles. The number of allylic oxidation sites excluding steroid dienone is 21. The van der Waals surface area contributed by atoms with E-state index in [1.807, 2.05) is 0 Å². The van der Waals surface area contributed by atoms with E-state index in [1.165, 1.54) is 92.2 Å². The van der Waals surface area contributed by atoms with Gasteiger partial charge in [-0.3, -0.25) is 0 Å². The molecular formula is C60H56N2. The molecule has 0 amide bonds. The standard InChI is InChI=1S/C60H56N2/c1-4-15-41(16-5-1)44-27-31-51(32-28-44)61-58-26-13-11-24-54(58)56-39-47(30-34-59(56)61)45-21-14-22-46(35-45)48-29-33-55-53-23-10-12-25-57(53)62(60(55)40-48)52-37-49(42-17-6-2-7-18-42)36-50(38-52)43-19-8-3-9-20-43/h1-2,4-6,8,10-16,19-29,31-32,36,38-40,42,46,52,54-55,58H,3,7,9,17-18,30,33-35,37H2. The molecule has 0 N–H and O–H groups in total. The molecule has 12 rings (SSSR count). The smallest absolute Gasteiger partial charge is 0.0626 e. The third-order valence-corrected chi connectivity index (χ3v) is 15.2. The van der Waals surface area contributed by atoms with Gasteiger partial charge >= 0.3 is 0 Å². The van der Waals surface area contributed by atoms with E-state index in [-0.39, 0.29) is 0 Å². The highest BCUT2D eigenvalue weighted by Crippen LogP contribution is 2.53. The van der Waals surface area contributed by atoms with Crippen molar-refractivity contribution in [2.45, 2.75) is 82.2 Å². The van der Waals surface area contributed by atoms with Crippen LogP contribution in [0.2, 0.25) is 0 Å². The number of benzene rings is 3. The molecule has 6 unspecified atom stereocenters. The number of rotatable bonds is 7. The Kier molecular flexibility index (Phi) is 9.69. The molecule has 2 heterocycles. The van der Waals surface area contributed by atoms with Gasteiger partial charge in [-0.15, -0.1) is 0 Å². The van der Waals surface area contributed by atoms with Crippen LogP contribution in [-0.2, 0) is 0 Å². The molecule has 2 aliphatic heterocycles. The van der Waals surface area contributed by atoms with Crippen LogP contribution in [0.25, 0.3) is 11.1 Å². The van der Waals surface area contributed by atoms with E-state index < -0.39 is 0 Å². The molecule has 3 aromatic carbocycles. The second kappa shape index (κ2) is 16.0. The van der Waals surface area contributed by atoms with Crippen LogP contribution < -0.4 is 9.80 Å². The summed E-state index contributed by atoms with van der Waals surface area (Å²) in [5, 5.41) is 0. The maximum atomic E-state index is 2.77. The van der Waals surface area contributed by atoms with Crippen LogP contribution in [0.1, 0.15) is 75.7 Å². The van der Waals surface area contributed by atoms with Crippen LogP contribution in [-0.4, -0.2) is 12.1 Å². The van der Waals surface area contributed by atoms with Crippen molar-refractivity contribution in [1.29, 1.82) is 0 Å². The molecule has 0 aromatic heterocycles. The summed E-state index contributed by atoms with van der Waals surface area (Å²) in [4.78, 5) is 5.41. The van der Waals surface area contributed by atoms with E-state index in [1.54, 1.807) is 5.57 Å². The maximum absolute atomic E-state index is 2.77. The molecule has 62 heavy (non-hydrogen) atoms. The molecule has 2 heteroatoms. The molecule has 6 atom stereocenters. The first-order chi connectivity index (χ1) is 30.7. The maximum Gasteiger partial charge on any atom is 0.0626 e. The fraction of sp³-hybridized carbons (Fsp3) is 0.267. The minimum Gasteiger partial charge on any atom is -0.337 e. The average Bonchev–Trinajstić information content (AvgIpc) is 3.87. The number of para-hydroxylation sites is 1. The summed E-state index contributed by atoms with van der Waals surface area (Å²) >= 11 is 0. The highest BCUT2D eigenvalue weighted by atomic mass is 15.2. The normalized spacial score (nSPS) is 28.2. The zero-order valence-corrected chi connectivity index (χ0v) is 35.8. The number of anilines is 2. The zero-order chi connectivity index (χ0) is 41.0. The van der Waals surface area contributed by atoms with E-state index in [4.69, 9.17) is 0 Å². The Morgan fingerprint density at radius 1 is 0.613 bits per heavy atom. The molecule has 3 aromatic rings. The Morgan fingerprint density at radius 2 is 1.48 bits per heavy atom. The summed E-state index contributed by atoms with van der Waals surface area (Å²) in [6, 6.07) is 29.9. The van der Waals surface area contributed by atoms with Gasteiger partial charge in [0, 0.05) is 40.5 Å². The molecule has 2 nitrogen and oxygen atoms in total. The summed E-state index contributed by atoms with van der Waals surface area (Å²) in [5.41, 5.74) is 20.3. The van der Waals surface area contributed by atoms with Gasteiger partial charge in [-0.05, 0) is 145 Å². The van der Waals surface area contributed by atoms with E-state index in [9.17, 15) is 0 Å². The van der Waals surface area contributed by atoms with Gasteiger partial charge in [0.25, 0.3) is 0 Å². The quantitative estimate of drug-likeness (QED) is 0.220. The molecule has 0 saturated heterocycles. The molecule has 306 valence electrons. The lowest BCUT2D eigenvalue weighted by molar-refractivity contribution is 0.517. The van der Waals surface area contributed by atoms with Gasteiger partial charge in [0.15, 0.2) is 0 Å². The second-order valence-electron chi connectivity index (χ2n) is 18.8. The SMILES string of the molecule is C1=CC(C2=CCC3C(=C2)N(C2C=C(C4=CCCC=C4)C=C(C4CC=CCC4)C2)c2ccccc23)CC(C2=CC3=C(CC2)N(c2ccc(-c4ccccc4)cc2)C2C=CC=CC32)=C1. The summed E-state index contributed by atoms with van der Waals surface area (Å²) < 4.78 is 0. The Hall–Kier alpha value is -6.12. The van der Waals surface area contributed by atoms with E-state index in [2.05, 4.69) is 192 Å². The molecule has 0 radical (unpaired) electrons. The number of fused-ring (bicyclic) bond motifs is 5. The number of nitrogens with zero attached hydrogens (tertiary/aromatic N) is 2. The first-order valence-corrected chi connectivity index (χ1v) is 23.6. The third-order valence-electron chi connectivity index (χ3n) is 15.2. The van der Waals surface area contributed by atoms with Gasteiger partial charge in [0.05, 0.1) is 12.1 Å². The van der Waals surface area contributed by atoms with Crippen molar-refractivity contribution in [2.75, 3.05) is 9.80 Å². The van der Waals surface area contributed by atoms with Crippen molar-refractivity contribution in [1.82, 2.24) is 0 Å². The first-order valence-electron chi connectivity index (χ1n) is 23.6. The fourth-order valence-corrected chi connectivity index (χ4v) is 12.2. The predicted octanol–water partition coefficient (Wildman–Crippen LogP) is 14.8. The highest BCUT2D eigenvalue weighted by molar-refractivity contribution is 5.73. The van der Waals surface area contributed by atoms with Crippen LogP contribution in [0.3, 0.4) is 0 Å². The van der Waals surface area contributed by atoms with Gasteiger partial charge in [-0.1, -0.05) is 163 Å². The van der Waals surface area contributed by atoms with Crippen molar-refractivity contribution in [3.8, 4) is 11.1 Å². The van der Waals surface area contributed by atoms with Crippen molar-refractivity contribution < 1.29 is 0 Å². The summed E-state index contributed by atoms with van der Waals surface area (Å²) in [6.45, 7) is 0. The summed E-state index contributed by atoms with van der Waals surface area (Å²) in [5.74, 6) is 1.79. The van der Waals surface area contributed by atoms with Gasteiger partial charge in [-0.2, -0.15) is 0 Å². The molecule has 7 aliphatic carbocycles. The van der Waals surface area contributed by atoms with Gasteiger partial charge in [-0.25, -0.2) is 0 Å². The van der Waals surface area contributed by atoms with Crippen LogP contribution in [0.4, 0.5) is 11.4 Å². The molecule has 9 aliphatic rings. The zero-order valence-electron chi connectivity index (χ0n) is 35.8. The average molecular weight is 805 g/mol. The summed E-state index contributed by atoms with van der Waals surface area (Å²) in [7, 11) is 0. The summed E-state index contributed by atoms with van der Waals surface area (Å²) in [6.07, 6.45) is 52.9. The number of hydrogen-bond acceptors (Lipinski definition) is 2. The third kappa shape index (κ3) is 6.71. The second-order valence-corrected chi connectivity index (χ2v) is 18.8. The monoisotopic (exact) mass is 804 g/mol. The molecule has 0 spiro atoms. The van der Waals surface area contributed by atoms with Crippen LogP contribution >= 0.6 is 0 Å². The first kappa shape index (κ1) is 37.6. The van der Waals surface area contributed by atoms with Crippen LogP contribution in [0, 0.1) is 17.8 Å². The van der Waals surface area contributed by atoms with Gasteiger partial charge in [0.1, 0.15) is 0 Å². The van der Waals surface area contributed by atoms with Crippen LogP contribution in [0.5, 0.6) is 0 Å². The van der Waals surface area contributed by atoms with E-state index >= 15 is 0 Å². The lowest BCUT2D eigenvalue weighted by atomic mass is 9.77. The Balaban J connectivity index is 0.830. The topological polar surface area (TPSA) is 6.48 Å². The Bertz CT molecular complexity index is 2710. The predicted molar refractivity (Wildman–Crippen MR) is 260 cm³/mol. The van der Waals surface area contributed by atoms with Crippen molar-refractivity contribution >= 4 is 11.4 Å². The van der Waals surface area contributed by atoms with E-state index in [0.29, 0.717) is 35.8 Å². The Morgan fingerprint density at radius 3 is 2.35 bits per heavy atom. The Labute approximate surface area is 368 Å². The minimum absolute atomic E-state index is 0.302. The van der Waals surface area contributed by atoms with E-state index in [0.717, 1.165) is 44.9 Å². The molecule has 0 bridgehead atoms. The molecule has 0 fully saturated rings.